The van der Waals surface area contributed by atoms with Gasteiger partial charge in [-0.05, 0) is 27.9 Å². The summed E-state index contributed by atoms with van der Waals surface area (Å²) in [5, 5.41) is 19.8. The molecule has 0 bridgehead atoms. The first-order chi connectivity index (χ1) is 7.49. The molecule has 90 valence electrons. The summed E-state index contributed by atoms with van der Waals surface area (Å²) in [6.45, 7) is 3.95. The Morgan fingerprint density at radius 2 is 2.06 bits per heavy atom. The molecule has 0 aliphatic rings. The third-order valence-corrected chi connectivity index (χ3v) is 3.61. The Bertz CT molecular complexity index is 357. The minimum Gasteiger partial charge on any atom is -0.506 e. The van der Waals surface area contributed by atoms with Crippen LogP contribution in [0, 0.1) is 5.92 Å². The predicted octanol–water partition coefficient (Wildman–Crippen LogP) is 2.56. The number of benzene rings is 1. The molecular weight excluding hydrogens is 270 g/mol. The molecule has 0 amide bonds. The Morgan fingerprint density at radius 3 is 2.62 bits per heavy atom. The van der Waals surface area contributed by atoms with E-state index < -0.39 is 12.1 Å². The van der Waals surface area contributed by atoms with Crippen molar-refractivity contribution in [3.8, 4) is 5.75 Å². The molecule has 1 aromatic rings. The highest BCUT2D eigenvalue weighted by Crippen LogP contribution is 2.33. The quantitative estimate of drug-likeness (QED) is 0.797. The van der Waals surface area contributed by atoms with Gasteiger partial charge >= 0.3 is 0 Å². The van der Waals surface area contributed by atoms with Crippen molar-refractivity contribution >= 4 is 15.9 Å². The van der Waals surface area contributed by atoms with Crippen LogP contribution in [0.1, 0.15) is 31.9 Å². The molecule has 3 nitrogen and oxygen atoms in total. The van der Waals surface area contributed by atoms with Gasteiger partial charge in [0.1, 0.15) is 5.75 Å². The molecule has 0 aliphatic heterocycles. The van der Waals surface area contributed by atoms with Crippen molar-refractivity contribution in [3.05, 3.63) is 28.2 Å². The van der Waals surface area contributed by atoms with Gasteiger partial charge < -0.3 is 15.9 Å². The number of phenols is 1. The Morgan fingerprint density at radius 1 is 1.44 bits per heavy atom. The first-order valence-corrected chi connectivity index (χ1v) is 6.19. The van der Waals surface area contributed by atoms with Gasteiger partial charge in [0.05, 0.1) is 16.6 Å². The number of rotatable bonds is 4. The van der Waals surface area contributed by atoms with Gasteiger partial charge in [0.15, 0.2) is 0 Å². The van der Waals surface area contributed by atoms with Crippen molar-refractivity contribution in [2.24, 2.45) is 11.7 Å². The summed E-state index contributed by atoms with van der Waals surface area (Å²) in [6, 6.07) is 4.70. The van der Waals surface area contributed by atoms with E-state index in [1.54, 1.807) is 18.2 Å². The van der Waals surface area contributed by atoms with E-state index >= 15 is 0 Å². The number of halogens is 1. The SMILES string of the molecule is CCC(C)[C@H](O)[C@H](N)c1cccc(Br)c1O. The van der Waals surface area contributed by atoms with Crippen LogP contribution >= 0.6 is 15.9 Å². The highest BCUT2D eigenvalue weighted by Gasteiger charge is 2.24. The molecule has 0 radical (unpaired) electrons. The zero-order chi connectivity index (χ0) is 12.3. The van der Waals surface area contributed by atoms with Gasteiger partial charge in [-0.3, -0.25) is 0 Å². The fraction of sp³-hybridized carbons (Fsp3) is 0.500. The van der Waals surface area contributed by atoms with Crippen molar-refractivity contribution in [1.29, 1.82) is 0 Å². The fourth-order valence-corrected chi connectivity index (χ4v) is 1.96. The molecule has 4 N–H and O–H groups in total. The Balaban J connectivity index is 2.96. The number of aliphatic hydroxyl groups excluding tert-OH is 1. The van der Waals surface area contributed by atoms with E-state index in [2.05, 4.69) is 15.9 Å². The maximum atomic E-state index is 10.0. The van der Waals surface area contributed by atoms with Crippen LogP contribution in [-0.4, -0.2) is 16.3 Å². The van der Waals surface area contributed by atoms with E-state index in [1.165, 1.54) is 0 Å². The third-order valence-electron chi connectivity index (χ3n) is 2.97. The van der Waals surface area contributed by atoms with Crippen molar-refractivity contribution in [2.45, 2.75) is 32.4 Å². The third kappa shape index (κ3) is 2.75. The predicted molar refractivity (Wildman–Crippen MR) is 68.2 cm³/mol. The smallest absolute Gasteiger partial charge is 0.134 e. The normalized spacial score (nSPS) is 16.8. The van der Waals surface area contributed by atoms with Gasteiger partial charge in [-0.2, -0.15) is 0 Å². The summed E-state index contributed by atoms with van der Waals surface area (Å²) in [5.74, 6) is 0.214. The standard InChI is InChI=1S/C12H18BrNO2/c1-3-7(2)11(15)10(14)8-5-4-6-9(13)12(8)16/h4-7,10-11,15-16H,3,14H2,1-2H3/t7?,10-,11+/m1/s1. The van der Waals surface area contributed by atoms with E-state index in [4.69, 9.17) is 5.73 Å². The van der Waals surface area contributed by atoms with Gasteiger partial charge in [-0.1, -0.05) is 32.4 Å². The highest BCUT2D eigenvalue weighted by molar-refractivity contribution is 9.10. The minimum atomic E-state index is -0.648. The second kappa shape index (κ2) is 5.66. The first-order valence-electron chi connectivity index (χ1n) is 5.40. The summed E-state index contributed by atoms with van der Waals surface area (Å²) in [7, 11) is 0. The number of para-hydroxylation sites is 1. The molecule has 1 rings (SSSR count). The van der Waals surface area contributed by atoms with Crippen LogP contribution in [0.4, 0.5) is 0 Å². The zero-order valence-electron chi connectivity index (χ0n) is 9.52. The Kier molecular flexibility index (Phi) is 4.77. The van der Waals surface area contributed by atoms with Gasteiger partial charge in [0.25, 0.3) is 0 Å². The first kappa shape index (κ1) is 13.5. The summed E-state index contributed by atoms with van der Waals surface area (Å²) >= 11 is 3.23. The van der Waals surface area contributed by atoms with Crippen LogP contribution in [0.25, 0.3) is 0 Å². The summed E-state index contributed by atoms with van der Waals surface area (Å²) in [5.41, 5.74) is 6.53. The van der Waals surface area contributed by atoms with Crippen LogP contribution in [-0.2, 0) is 0 Å². The average molecular weight is 288 g/mol. The van der Waals surface area contributed by atoms with E-state index in [9.17, 15) is 10.2 Å². The van der Waals surface area contributed by atoms with E-state index in [-0.39, 0.29) is 11.7 Å². The lowest BCUT2D eigenvalue weighted by atomic mass is 9.91. The van der Waals surface area contributed by atoms with Crippen molar-refractivity contribution in [1.82, 2.24) is 0 Å². The van der Waals surface area contributed by atoms with E-state index in [1.807, 2.05) is 13.8 Å². The molecule has 0 spiro atoms. The monoisotopic (exact) mass is 287 g/mol. The largest absolute Gasteiger partial charge is 0.506 e. The molecule has 0 fully saturated rings. The fourth-order valence-electron chi connectivity index (χ4n) is 1.58. The number of nitrogens with two attached hydrogens (primary N) is 1. The molecule has 0 saturated carbocycles. The number of hydrogen-bond acceptors (Lipinski definition) is 3. The maximum absolute atomic E-state index is 10.0. The van der Waals surface area contributed by atoms with Gasteiger partial charge in [-0.15, -0.1) is 0 Å². The van der Waals surface area contributed by atoms with Crippen LogP contribution in [0.2, 0.25) is 0 Å². The van der Waals surface area contributed by atoms with E-state index in [0.29, 0.717) is 10.0 Å². The lowest BCUT2D eigenvalue weighted by Crippen LogP contribution is -2.31. The van der Waals surface area contributed by atoms with Crippen molar-refractivity contribution < 1.29 is 10.2 Å². The minimum absolute atomic E-state index is 0.105. The molecule has 0 heterocycles. The highest BCUT2D eigenvalue weighted by atomic mass is 79.9. The molecule has 1 aromatic carbocycles. The zero-order valence-corrected chi connectivity index (χ0v) is 11.1. The second-order valence-electron chi connectivity index (χ2n) is 4.08. The van der Waals surface area contributed by atoms with Crippen molar-refractivity contribution in [3.63, 3.8) is 0 Å². The number of phenolic OH excluding ortho intramolecular Hbond substituents is 1. The molecule has 1 unspecified atom stereocenters. The van der Waals surface area contributed by atoms with Gasteiger partial charge in [-0.25, -0.2) is 0 Å². The molecule has 0 aromatic heterocycles. The van der Waals surface area contributed by atoms with Crippen LogP contribution in [0.5, 0.6) is 5.75 Å². The molecular formula is C12H18BrNO2. The summed E-state index contributed by atoms with van der Waals surface area (Å²) in [6.07, 6.45) is 0.203. The van der Waals surface area contributed by atoms with Crippen molar-refractivity contribution in [2.75, 3.05) is 0 Å². The van der Waals surface area contributed by atoms with E-state index in [0.717, 1.165) is 6.42 Å². The molecule has 16 heavy (non-hydrogen) atoms. The van der Waals surface area contributed by atoms with Crippen LogP contribution < -0.4 is 5.73 Å². The molecule has 4 heteroatoms. The van der Waals surface area contributed by atoms with Gasteiger partial charge in [0, 0.05) is 5.56 Å². The second-order valence-corrected chi connectivity index (χ2v) is 4.93. The topological polar surface area (TPSA) is 66.5 Å². The summed E-state index contributed by atoms with van der Waals surface area (Å²) < 4.78 is 0.594. The molecule has 3 atom stereocenters. The lowest BCUT2D eigenvalue weighted by molar-refractivity contribution is 0.0870. The molecule has 0 saturated heterocycles. The number of aromatic hydroxyl groups is 1. The van der Waals surface area contributed by atoms with Crippen LogP contribution in [0.3, 0.4) is 0 Å². The lowest BCUT2D eigenvalue weighted by Gasteiger charge is -2.25. The number of hydrogen-bond donors (Lipinski definition) is 3. The molecule has 0 aliphatic carbocycles. The average Bonchev–Trinajstić information content (AvgIpc) is 2.29. The van der Waals surface area contributed by atoms with Gasteiger partial charge in [0.2, 0.25) is 0 Å². The Hall–Kier alpha value is -0.580. The number of aliphatic hydroxyl groups is 1. The van der Waals surface area contributed by atoms with Crippen LogP contribution in [0.15, 0.2) is 22.7 Å². The maximum Gasteiger partial charge on any atom is 0.134 e. The Labute approximate surface area is 104 Å². The summed E-state index contributed by atoms with van der Waals surface area (Å²) in [4.78, 5) is 0.